The maximum Gasteiger partial charge on any atom is 0.338 e. The molecule has 0 saturated heterocycles. The number of carbonyl (C=O) groups is 2. The molecule has 0 fully saturated rings. The lowest BCUT2D eigenvalue weighted by Gasteiger charge is -2.33. The van der Waals surface area contributed by atoms with Gasteiger partial charge in [-0.25, -0.2) is 4.79 Å². The summed E-state index contributed by atoms with van der Waals surface area (Å²) in [6.07, 6.45) is 1.49. The number of hydrogen-bond donors (Lipinski definition) is 0. The lowest BCUT2D eigenvalue weighted by molar-refractivity contribution is 0.0526. The Bertz CT molecular complexity index is 1040. The van der Waals surface area contributed by atoms with E-state index >= 15 is 0 Å². The zero-order valence-electron chi connectivity index (χ0n) is 19.9. The first-order chi connectivity index (χ1) is 14.4. The van der Waals surface area contributed by atoms with E-state index in [-0.39, 0.29) is 17.2 Å². The van der Waals surface area contributed by atoms with Gasteiger partial charge in [0.2, 0.25) is 0 Å². The summed E-state index contributed by atoms with van der Waals surface area (Å²) < 4.78 is 5.12. The van der Waals surface area contributed by atoms with Crippen LogP contribution < -0.4 is 0 Å². The summed E-state index contributed by atoms with van der Waals surface area (Å²) in [4.78, 5) is 24.9. The third kappa shape index (κ3) is 5.07. The molecule has 31 heavy (non-hydrogen) atoms. The lowest BCUT2D eigenvalue weighted by atomic mass is 9.71. The highest BCUT2D eigenvalue weighted by atomic mass is 28.3. The van der Waals surface area contributed by atoms with E-state index in [1.165, 1.54) is 5.56 Å². The first-order valence-corrected chi connectivity index (χ1v) is 14.7. The summed E-state index contributed by atoms with van der Waals surface area (Å²) in [6, 6.07) is 12.0. The van der Waals surface area contributed by atoms with E-state index < -0.39 is 8.07 Å². The van der Waals surface area contributed by atoms with Gasteiger partial charge < -0.3 is 4.74 Å². The van der Waals surface area contributed by atoms with Gasteiger partial charge in [0, 0.05) is 12.0 Å². The van der Waals surface area contributed by atoms with Crippen LogP contribution in [0.1, 0.15) is 76.6 Å². The largest absolute Gasteiger partial charge is 0.462 e. The average Bonchev–Trinajstić information content (AvgIpc) is 2.69. The lowest BCUT2D eigenvalue weighted by Crippen LogP contribution is -2.27. The zero-order chi connectivity index (χ0) is 23.0. The molecule has 0 radical (unpaired) electrons. The van der Waals surface area contributed by atoms with Crippen LogP contribution in [0.5, 0.6) is 0 Å². The fourth-order valence-corrected chi connectivity index (χ4v) is 5.42. The van der Waals surface area contributed by atoms with Gasteiger partial charge in [-0.2, -0.15) is 0 Å². The van der Waals surface area contributed by atoms with E-state index in [9.17, 15) is 9.59 Å². The fraction of sp³-hybridized carbons (Fsp3) is 0.407. The number of fused-ring (bicyclic) bond motifs is 1. The molecule has 0 heterocycles. The minimum atomic E-state index is -1.58. The molecule has 0 bridgehead atoms. The number of rotatable bonds is 5. The standard InChI is InChI=1S/C27H34O3Si/c1-8-30-26(29)20-11-9-19(10-12-20)23(17-31(5,6)7)21-16-22-24(15-18(21)2)27(3,4)14-13-25(22)28/h9-12,15-17H,8,13-14H2,1-7H3. The van der Waals surface area contributed by atoms with Crippen LogP contribution in [0, 0.1) is 6.92 Å². The van der Waals surface area contributed by atoms with Crippen LogP contribution >= 0.6 is 0 Å². The van der Waals surface area contributed by atoms with Gasteiger partial charge in [0.05, 0.1) is 20.2 Å². The van der Waals surface area contributed by atoms with Crippen molar-refractivity contribution in [2.24, 2.45) is 0 Å². The van der Waals surface area contributed by atoms with Crippen molar-refractivity contribution in [1.29, 1.82) is 0 Å². The van der Waals surface area contributed by atoms with Crippen molar-refractivity contribution in [2.45, 2.75) is 65.6 Å². The number of ether oxygens (including phenoxy) is 1. The molecule has 1 aliphatic carbocycles. The SMILES string of the molecule is CCOC(=O)c1ccc(C(=C[Si](C)(C)C)c2cc3c(cc2C)C(C)(C)CCC3=O)cc1. The summed E-state index contributed by atoms with van der Waals surface area (Å²) in [5.41, 5.74) is 9.47. The molecule has 4 heteroatoms. The monoisotopic (exact) mass is 434 g/mol. The Morgan fingerprint density at radius 3 is 2.29 bits per heavy atom. The van der Waals surface area contributed by atoms with Gasteiger partial charge in [-0.05, 0) is 71.7 Å². The van der Waals surface area contributed by atoms with Crippen molar-refractivity contribution in [1.82, 2.24) is 0 Å². The van der Waals surface area contributed by atoms with Crippen molar-refractivity contribution in [2.75, 3.05) is 6.61 Å². The van der Waals surface area contributed by atoms with E-state index in [4.69, 9.17) is 4.74 Å². The topological polar surface area (TPSA) is 43.4 Å². The quantitative estimate of drug-likeness (QED) is 0.387. The summed E-state index contributed by atoms with van der Waals surface area (Å²) in [5.74, 6) is -0.0665. The Kier molecular flexibility index (Phi) is 6.42. The molecule has 0 unspecified atom stereocenters. The maximum atomic E-state index is 12.8. The number of Topliss-reactive ketones (excluding diaryl/α,β-unsaturated/α-hetero) is 1. The van der Waals surface area contributed by atoms with Gasteiger partial charge >= 0.3 is 5.97 Å². The third-order valence-corrected chi connectivity index (χ3v) is 7.10. The van der Waals surface area contributed by atoms with Gasteiger partial charge in [-0.3, -0.25) is 4.79 Å². The van der Waals surface area contributed by atoms with Crippen LogP contribution in [0.2, 0.25) is 19.6 Å². The van der Waals surface area contributed by atoms with Gasteiger partial charge in [-0.1, -0.05) is 57.4 Å². The molecule has 0 aromatic heterocycles. The number of hydrogen-bond acceptors (Lipinski definition) is 3. The van der Waals surface area contributed by atoms with Crippen LogP contribution in [-0.4, -0.2) is 26.4 Å². The number of benzene rings is 2. The molecule has 0 saturated carbocycles. The second-order valence-electron chi connectivity index (χ2n) is 10.2. The molecule has 0 amide bonds. The van der Waals surface area contributed by atoms with Crippen molar-refractivity contribution in [3.63, 3.8) is 0 Å². The Hall–Kier alpha value is -2.46. The molecule has 0 atom stereocenters. The predicted octanol–water partition coefficient (Wildman–Crippen LogP) is 6.73. The molecule has 2 aromatic carbocycles. The molecular weight excluding hydrogens is 400 g/mol. The van der Waals surface area contributed by atoms with E-state index in [1.807, 2.05) is 31.2 Å². The van der Waals surface area contributed by atoms with Crippen molar-refractivity contribution < 1.29 is 14.3 Å². The molecule has 3 nitrogen and oxygen atoms in total. The van der Waals surface area contributed by atoms with Crippen LogP contribution in [0.25, 0.3) is 5.57 Å². The smallest absolute Gasteiger partial charge is 0.338 e. The number of esters is 1. The molecular formula is C27H34O3Si. The highest BCUT2D eigenvalue weighted by molar-refractivity contribution is 6.81. The molecule has 0 spiro atoms. The second kappa shape index (κ2) is 8.58. The summed E-state index contributed by atoms with van der Waals surface area (Å²) in [7, 11) is -1.58. The fourth-order valence-electron chi connectivity index (χ4n) is 4.23. The Labute approximate surface area is 187 Å². The highest BCUT2D eigenvalue weighted by Gasteiger charge is 2.32. The Morgan fingerprint density at radius 2 is 1.71 bits per heavy atom. The molecule has 3 rings (SSSR count). The number of aryl methyl sites for hydroxylation is 1. The normalized spacial score (nSPS) is 16.1. The maximum absolute atomic E-state index is 12.8. The van der Waals surface area contributed by atoms with E-state index in [0.717, 1.165) is 34.2 Å². The Morgan fingerprint density at radius 1 is 1.10 bits per heavy atom. The molecule has 164 valence electrons. The van der Waals surface area contributed by atoms with Crippen LogP contribution in [0.15, 0.2) is 42.1 Å². The number of ketones is 1. The molecule has 2 aromatic rings. The molecule has 0 aliphatic heterocycles. The van der Waals surface area contributed by atoms with E-state index in [0.29, 0.717) is 18.6 Å². The minimum absolute atomic E-state index is 0.0104. The second-order valence-corrected chi connectivity index (χ2v) is 15.3. The van der Waals surface area contributed by atoms with Gasteiger partial charge in [0.25, 0.3) is 0 Å². The number of carbonyl (C=O) groups excluding carboxylic acids is 2. The van der Waals surface area contributed by atoms with Crippen molar-refractivity contribution in [3.05, 3.63) is 75.5 Å². The zero-order valence-corrected chi connectivity index (χ0v) is 20.9. The minimum Gasteiger partial charge on any atom is -0.462 e. The Balaban J connectivity index is 2.15. The summed E-state index contributed by atoms with van der Waals surface area (Å²) in [6.45, 7) is 15.7. The third-order valence-electron chi connectivity index (χ3n) is 5.95. The molecule has 0 N–H and O–H groups in total. The van der Waals surface area contributed by atoms with E-state index in [2.05, 4.69) is 58.2 Å². The first kappa shape index (κ1) is 23.2. The van der Waals surface area contributed by atoms with Gasteiger partial charge in [0.15, 0.2) is 5.78 Å². The van der Waals surface area contributed by atoms with Crippen LogP contribution in [-0.2, 0) is 10.2 Å². The van der Waals surface area contributed by atoms with Crippen molar-refractivity contribution >= 4 is 25.4 Å². The van der Waals surface area contributed by atoms with Gasteiger partial charge in [-0.15, -0.1) is 0 Å². The van der Waals surface area contributed by atoms with Crippen LogP contribution in [0.4, 0.5) is 0 Å². The average molecular weight is 435 g/mol. The van der Waals surface area contributed by atoms with Gasteiger partial charge in [0.1, 0.15) is 0 Å². The first-order valence-electron chi connectivity index (χ1n) is 11.1. The van der Waals surface area contributed by atoms with Crippen LogP contribution in [0.3, 0.4) is 0 Å². The predicted molar refractivity (Wildman–Crippen MR) is 131 cm³/mol. The summed E-state index contributed by atoms with van der Waals surface area (Å²) in [5, 5.41) is 0. The van der Waals surface area contributed by atoms with Crippen molar-refractivity contribution in [3.8, 4) is 0 Å². The highest BCUT2D eigenvalue weighted by Crippen LogP contribution is 2.40. The molecule has 1 aliphatic rings. The van der Waals surface area contributed by atoms with E-state index in [1.54, 1.807) is 0 Å². The summed E-state index contributed by atoms with van der Waals surface area (Å²) >= 11 is 0.